The molecule has 1 aromatic carbocycles. The van der Waals surface area contributed by atoms with Gasteiger partial charge in [-0.3, -0.25) is 0 Å². The monoisotopic (exact) mass is 263 g/mol. The zero-order valence-electron chi connectivity index (χ0n) is 12.1. The number of benzene rings is 1. The van der Waals surface area contributed by atoms with Crippen LogP contribution in [0.4, 0.5) is 0 Å². The second kappa shape index (κ2) is 7.51. The number of hydrogen-bond donors (Lipinski definition) is 1. The molecule has 1 fully saturated rings. The molecule has 0 radical (unpaired) electrons. The van der Waals surface area contributed by atoms with Gasteiger partial charge in [0.1, 0.15) is 12.4 Å². The molecule has 2 rings (SSSR count). The molecule has 0 bridgehead atoms. The molecule has 0 heterocycles. The van der Waals surface area contributed by atoms with Crippen LogP contribution in [0.5, 0.6) is 5.75 Å². The molecule has 3 nitrogen and oxygen atoms in total. The minimum Gasteiger partial charge on any atom is -0.491 e. The van der Waals surface area contributed by atoms with E-state index in [1.54, 1.807) is 0 Å². The molecule has 0 aliphatic heterocycles. The summed E-state index contributed by atoms with van der Waals surface area (Å²) in [5, 5.41) is 3.54. The normalized spacial score (nSPS) is 14.6. The summed E-state index contributed by atoms with van der Waals surface area (Å²) >= 11 is 0. The first-order valence-electron chi connectivity index (χ1n) is 7.33. The summed E-state index contributed by atoms with van der Waals surface area (Å²) in [4.78, 5) is 0. The van der Waals surface area contributed by atoms with Gasteiger partial charge >= 0.3 is 0 Å². The maximum absolute atomic E-state index is 5.83. The Labute approximate surface area is 116 Å². The average Bonchev–Trinajstić information content (AvgIpc) is 3.22. The Morgan fingerprint density at radius 2 is 2.05 bits per heavy atom. The van der Waals surface area contributed by atoms with Crippen LogP contribution in [0.15, 0.2) is 18.2 Å². The van der Waals surface area contributed by atoms with Crippen LogP contribution in [-0.2, 0) is 11.3 Å². The van der Waals surface area contributed by atoms with E-state index in [1.165, 1.54) is 24.0 Å². The first kappa shape index (κ1) is 14.4. The van der Waals surface area contributed by atoms with E-state index in [9.17, 15) is 0 Å². The molecule has 1 aliphatic rings. The van der Waals surface area contributed by atoms with Crippen molar-refractivity contribution < 1.29 is 9.47 Å². The zero-order chi connectivity index (χ0) is 13.5. The fourth-order valence-electron chi connectivity index (χ4n) is 1.99. The van der Waals surface area contributed by atoms with E-state index in [-0.39, 0.29) is 0 Å². The third-order valence-electron chi connectivity index (χ3n) is 3.21. The van der Waals surface area contributed by atoms with Crippen molar-refractivity contribution in [3.05, 3.63) is 29.3 Å². The molecule has 0 amide bonds. The molecule has 1 aromatic rings. The molecule has 0 spiro atoms. The number of ether oxygens (including phenoxy) is 2. The van der Waals surface area contributed by atoms with Crippen LogP contribution in [-0.4, -0.2) is 25.9 Å². The molecule has 106 valence electrons. The van der Waals surface area contributed by atoms with E-state index < -0.39 is 0 Å². The summed E-state index contributed by atoms with van der Waals surface area (Å²) in [5.41, 5.74) is 2.53. The predicted molar refractivity (Wildman–Crippen MR) is 77.6 cm³/mol. The lowest BCUT2D eigenvalue weighted by molar-refractivity contribution is 0.100. The Morgan fingerprint density at radius 1 is 1.21 bits per heavy atom. The lowest BCUT2D eigenvalue weighted by Crippen LogP contribution is -2.17. The number of hydrogen-bond acceptors (Lipinski definition) is 3. The van der Waals surface area contributed by atoms with Crippen LogP contribution in [0, 0.1) is 6.92 Å². The molecule has 1 aliphatic carbocycles. The van der Waals surface area contributed by atoms with Crippen molar-refractivity contribution in [3.63, 3.8) is 0 Å². The topological polar surface area (TPSA) is 30.5 Å². The third kappa shape index (κ3) is 5.21. The lowest BCUT2D eigenvalue weighted by Gasteiger charge is -2.13. The summed E-state index contributed by atoms with van der Waals surface area (Å²) < 4.78 is 11.3. The van der Waals surface area contributed by atoms with E-state index >= 15 is 0 Å². The SMILES string of the molecule is CCCOCCOc1ccc(C)cc1CNC1CC1. The van der Waals surface area contributed by atoms with Crippen LogP contribution in [0.3, 0.4) is 0 Å². The largest absolute Gasteiger partial charge is 0.491 e. The van der Waals surface area contributed by atoms with Crippen molar-refractivity contribution in [2.75, 3.05) is 19.8 Å². The molecular formula is C16H25NO2. The minimum absolute atomic E-state index is 0.624. The van der Waals surface area contributed by atoms with Crippen LogP contribution in [0.1, 0.15) is 37.3 Å². The number of nitrogens with one attached hydrogen (secondary N) is 1. The maximum Gasteiger partial charge on any atom is 0.123 e. The highest BCUT2D eigenvalue weighted by Gasteiger charge is 2.20. The van der Waals surface area contributed by atoms with Gasteiger partial charge in [-0.15, -0.1) is 0 Å². The Bertz CT molecular complexity index is 388. The van der Waals surface area contributed by atoms with Crippen molar-refractivity contribution in [1.29, 1.82) is 0 Å². The van der Waals surface area contributed by atoms with Gasteiger partial charge in [0.25, 0.3) is 0 Å². The maximum atomic E-state index is 5.83. The van der Waals surface area contributed by atoms with Crippen molar-refractivity contribution in [1.82, 2.24) is 5.32 Å². The van der Waals surface area contributed by atoms with E-state index in [2.05, 4.69) is 37.4 Å². The number of aryl methyl sites for hydroxylation is 1. The highest BCUT2D eigenvalue weighted by molar-refractivity contribution is 5.37. The molecule has 1 N–H and O–H groups in total. The van der Waals surface area contributed by atoms with E-state index in [4.69, 9.17) is 9.47 Å². The zero-order valence-corrected chi connectivity index (χ0v) is 12.1. The second-order valence-corrected chi connectivity index (χ2v) is 5.23. The fourth-order valence-corrected chi connectivity index (χ4v) is 1.99. The second-order valence-electron chi connectivity index (χ2n) is 5.23. The highest BCUT2D eigenvalue weighted by atomic mass is 16.5. The van der Waals surface area contributed by atoms with Gasteiger partial charge in [-0.25, -0.2) is 0 Å². The van der Waals surface area contributed by atoms with Crippen LogP contribution in [0.25, 0.3) is 0 Å². The molecule has 19 heavy (non-hydrogen) atoms. The minimum atomic E-state index is 0.624. The molecule has 0 atom stereocenters. The molecule has 3 heteroatoms. The van der Waals surface area contributed by atoms with Crippen LogP contribution < -0.4 is 10.1 Å². The van der Waals surface area contributed by atoms with E-state index in [0.717, 1.165) is 31.4 Å². The summed E-state index contributed by atoms with van der Waals surface area (Å²) in [6, 6.07) is 7.10. The van der Waals surface area contributed by atoms with Gasteiger partial charge in [0.05, 0.1) is 6.61 Å². The first-order valence-corrected chi connectivity index (χ1v) is 7.33. The van der Waals surface area contributed by atoms with Gasteiger partial charge in [0.2, 0.25) is 0 Å². The van der Waals surface area contributed by atoms with E-state index in [0.29, 0.717) is 13.2 Å². The van der Waals surface area contributed by atoms with Gasteiger partial charge < -0.3 is 14.8 Å². The summed E-state index contributed by atoms with van der Waals surface area (Å²) in [7, 11) is 0. The molecule has 0 unspecified atom stereocenters. The van der Waals surface area contributed by atoms with Gasteiger partial charge in [-0.2, -0.15) is 0 Å². The Kier molecular flexibility index (Phi) is 5.67. The Morgan fingerprint density at radius 3 is 2.79 bits per heavy atom. The van der Waals surface area contributed by atoms with Crippen LogP contribution >= 0.6 is 0 Å². The average molecular weight is 263 g/mol. The van der Waals surface area contributed by atoms with Gasteiger partial charge in [-0.05, 0) is 32.3 Å². The van der Waals surface area contributed by atoms with Gasteiger partial charge in [0, 0.05) is 24.8 Å². The molecule has 0 saturated heterocycles. The van der Waals surface area contributed by atoms with Gasteiger partial charge in [0.15, 0.2) is 0 Å². The third-order valence-corrected chi connectivity index (χ3v) is 3.21. The van der Waals surface area contributed by atoms with Crippen molar-refractivity contribution in [2.45, 2.75) is 45.7 Å². The smallest absolute Gasteiger partial charge is 0.123 e. The summed E-state index contributed by atoms with van der Waals surface area (Å²) in [6.07, 6.45) is 3.68. The number of rotatable bonds is 9. The van der Waals surface area contributed by atoms with Crippen molar-refractivity contribution in [2.24, 2.45) is 0 Å². The molecule has 0 aromatic heterocycles. The standard InChI is InChI=1S/C16H25NO2/c1-3-8-18-9-10-19-16-7-4-13(2)11-14(16)12-17-15-5-6-15/h4,7,11,15,17H,3,5-6,8-10,12H2,1-2H3. The fraction of sp³-hybridized carbons (Fsp3) is 0.625. The van der Waals surface area contributed by atoms with Crippen LogP contribution in [0.2, 0.25) is 0 Å². The summed E-state index contributed by atoms with van der Waals surface area (Å²) in [6.45, 7) is 7.23. The summed E-state index contributed by atoms with van der Waals surface area (Å²) in [5.74, 6) is 0.985. The van der Waals surface area contributed by atoms with E-state index in [1.807, 2.05) is 0 Å². The van der Waals surface area contributed by atoms with Crippen molar-refractivity contribution in [3.8, 4) is 5.75 Å². The Balaban J connectivity index is 1.82. The molecule has 1 saturated carbocycles. The Hall–Kier alpha value is -1.06. The highest BCUT2D eigenvalue weighted by Crippen LogP contribution is 2.23. The first-order chi connectivity index (χ1) is 9.29. The quantitative estimate of drug-likeness (QED) is 0.695. The van der Waals surface area contributed by atoms with Crippen molar-refractivity contribution >= 4 is 0 Å². The van der Waals surface area contributed by atoms with Gasteiger partial charge in [-0.1, -0.05) is 24.6 Å². The molecular weight excluding hydrogens is 238 g/mol. The predicted octanol–water partition coefficient (Wildman–Crippen LogP) is 3.05. The lowest BCUT2D eigenvalue weighted by atomic mass is 10.1.